The van der Waals surface area contributed by atoms with E-state index >= 15 is 4.79 Å². The number of ether oxygens (including phenoxy) is 6. The fourth-order valence-electron chi connectivity index (χ4n) is 12.8. The Morgan fingerprint density at radius 3 is 1.85 bits per heavy atom. The maximum absolute atomic E-state index is 15.4. The van der Waals surface area contributed by atoms with E-state index in [0.717, 1.165) is 58.6 Å². The zero-order valence-corrected chi connectivity index (χ0v) is 57.4. The summed E-state index contributed by atoms with van der Waals surface area (Å²) in [4.78, 5) is 94.1. The number of carbonyl (C=O) groups is 6. The molecule has 0 N–H and O–H groups in total. The van der Waals surface area contributed by atoms with Crippen LogP contribution in [0, 0.1) is 6.92 Å². The van der Waals surface area contributed by atoms with E-state index in [2.05, 4.69) is 21.9 Å². The number of amides is 5. The first-order valence-corrected chi connectivity index (χ1v) is 36.2. The number of hydrogen-bond donors (Lipinski definition) is 0. The van der Waals surface area contributed by atoms with Gasteiger partial charge in [0, 0.05) is 95.2 Å². The van der Waals surface area contributed by atoms with Gasteiger partial charge in [0.25, 0.3) is 21.9 Å². The van der Waals surface area contributed by atoms with Gasteiger partial charge in [-0.05, 0) is 123 Å². The second-order valence-electron chi connectivity index (χ2n) is 24.2. The molecule has 21 nitrogen and oxygen atoms in total. The van der Waals surface area contributed by atoms with E-state index in [1.165, 1.54) is 40.5 Å². The molecular formula is C68H82N6O15S4. The predicted molar refractivity (Wildman–Crippen MR) is 365 cm³/mol. The molecule has 0 radical (unpaired) electrons. The summed E-state index contributed by atoms with van der Waals surface area (Å²) in [6.45, 7) is 8.25. The van der Waals surface area contributed by atoms with Gasteiger partial charge < -0.3 is 52.9 Å². The maximum atomic E-state index is 15.4. The van der Waals surface area contributed by atoms with Gasteiger partial charge in [-0.15, -0.1) is 0 Å². The van der Waals surface area contributed by atoms with Crippen molar-refractivity contribution < 1.29 is 69.8 Å². The summed E-state index contributed by atoms with van der Waals surface area (Å²) in [5.74, 6) is -0.277. The second kappa shape index (κ2) is 30.3. The van der Waals surface area contributed by atoms with Gasteiger partial charge in [-0.2, -0.15) is 20.2 Å². The van der Waals surface area contributed by atoms with Crippen LogP contribution in [0.4, 0.5) is 28.4 Å². The first-order chi connectivity index (χ1) is 44.7. The summed E-state index contributed by atoms with van der Waals surface area (Å²) in [5.41, 5.74) is 9.20. The van der Waals surface area contributed by atoms with Gasteiger partial charge in [0.1, 0.15) is 24.2 Å². The smallest absolute Gasteiger partial charge is 0.277 e. The number of ketones is 1. The number of aryl methyl sites for hydroxylation is 1. The van der Waals surface area contributed by atoms with Crippen molar-refractivity contribution in [2.24, 2.45) is 0 Å². The quantitative estimate of drug-likeness (QED) is 0.0175. The highest BCUT2D eigenvalue weighted by Crippen LogP contribution is 2.45. The molecule has 0 spiro atoms. The molecule has 0 bridgehead atoms. The predicted octanol–water partition coefficient (Wildman–Crippen LogP) is 8.95. The molecule has 4 atom stereocenters. The molecule has 5 heterocycles. The van der Waals surface area contributed by atoms with Gasteiger partial charge in [0.15, 0.2) is 17.3 Å². The summed E-state index contributed by atoms with van der Waals surface area (Å²) in [6.07, 6.45) is 3.09. The molecule has 5 aliphatic rings. The third kappa shape index (κ3) is 15.3. The minimum atomic E-state index is -4.34. The zero-order chi connectivity index (χ0) is 66.3. The van der Waals surface area contributed by atoms with E-state index in [0.29, 0.717) is 83.8 Å². The standard InChI is InChI=1S/C68H82N6O15S4/c1-43-29-51-55(69(4)39-49-33-46-15-10-12-17-53(46)73(49)64(51)77)36-58(43)88-41-44-30-45(42-89-60-37-56-52(35-59(60)84-7)65(78)74-50(40-70(56)5)34-47-16-11-13-18-54(47)74)32-48(31-44)71(22-23-86-26-27-87-25-24-83-6)67(80)68(2,3)92-91-28-20-62(93(81,82)85-8)57(75)19-14-21-72-63(76)38-61(90-9)66(72)79/h10-13,15-18,29-32,35-37,49-50,61-62H,14,19-28,33-34,38-42H2,1-9H3/t49-,50-,61?,62?/m0/s1. The Labute approximate surface area is 556 Å². The number of Topliss-reactive ketones (excluding diaryl/α,β-unsaturated/α-hetero) is 1. The van der Waals surface area contributed by atoms with Gasteiger partial charge in [0.05, 0.1) is 91.8 Å². The average molecular weight is 1350 g/mol. The van der Waals surface area contributed by atoms with Gasteiger partial charge in [-0.25, -0.2) is 0 Å². The fourth-order valence-corrected chi connectivity index (χ4v) is 17.2. The van der Waals surface area contributed by atoms with Crippen molar-refractivity contribution in [3.05, 3.63) is 130 Å². The van der Waals surface area contributed by atoms with E-state index < -0.39 is 31.1 Å². The summed E-state index contributed by atoms with van der Waals surface area (Å²) in [7, 11) is 6.23. The molecule has 1 fully saturated rings. The SMILES string of the molecule is COCCOCCOCCN(C(=O)C(C)(C)SSCCC(C(=O)CCCN1C(=O)CC(SC)C1=O)S(=O)(=O)OC)c1cc(COc2cc3c(cc2C)C(=O)N2c4ccccc4C[C@H]2CN3C)cc(COc2cc3c(cc2OC)C(=O)N2c4ccccc4C[C@H]2CN3C)c1. The first-order valence-electron chi connectivity index (χ1n) is 31.1. The summed E-state index contributed by atoms with van der Waals surface area (Å²) in [5, 5.41) is -2.00. The highest BCUT2D eigenvalue weighted by atomic mass is 33.1. The molecule has 2 unspecified atom stereocenters. The van der Waals surface area contributed by atoms with Crippen LogP contribution in [0.3, 0.4) is 0 Å². The van der Waals surface area contributed by atoms with Crippen LogP contribution in [0.1, 0.15) is 88.1 Å². The maximum Gasteiger partial charge on any atom is 0.277 e. The van der Waals surface area contributed by atoms with E-state index in [-0.39, 0.29) is 113 Å². The number of thioether (sulfide) groups is 1. The molecule has 1 saturated heterocycles. The Morgan fingerprint density at radius 1 is 0.699 bits per heavy atom. The lowest BCUT2D eigenvalue weighted by Crippen LogP contribution is -2.45. The van der Waals surface area contributed by atoms with Crippen LogP contribution in [0.25, 0.3) is 0 Å². The van der Waals surface area contributed by atoms with E-state index in [1.54, 1.807) is 38.2 Å². The van der Waals surface area contributed by atoms with Crippen molar-refractivity contribution in [3.63, 3.8) is 0 Å². The molecule has 0 saturated carbocycles. The van der Waals surface area contributed by atoms with Crippen LogP contribution in [-0.2, 0) is 73.7 Å². The Morgan fingerprint density at radius 2 is 1.27 bits per heavy atom. The van der Waals surface area contributed by atoms with Crippen molar-refractivity contribution >= 4 is 107 Å². The number of methoxy groups -OCH3 is 2. The van der Waals surface area contributed by atoms with Crippen molar-refractivity contribution in [1.82, 2.24) is 4.90 Å². The van der Waals surface area contributed by atoms with Crippen LogP contribution in [0.2, 0.25) is 0 Å². The van der Waals surface area contributed by atoms with Crippen LogP contribution in [0.5, 0.6) is 17.2 Å². The average Bonchev–Trinajstić information content (AvgIpc) is 1.63. The van der Waals surface area contributed by atoms with Crippen molar-refractivity contribution in [2.75, 3.05) is 131 Å². The van der Waals surface area contributed by atoms with Crippen molar-refractivity contribution in [2.45, 2.75) is 99.8 Å². The van der Waals surface area contributed by atoms with Crippen LogP contribution < -0.4 is 38.7 Å². The molecule has 0 aliphatic carbocycles. The number of benzene rings is 5. The van der Waals surface area contributed by atoms with Gasteiger partial charge >= 0.3 is 0 Å². The number of imide groups is 1. The number of nitrogens with zero attached hydrogens (tertiary/aromatic N) is 6. The van der Waals surface area contributed by atoms with Crippen LogP contribution in [0.15, 0.2) is 91.0 Å². The van der Waals surface area contributed by atoms with E-state index in [9.17, 15) is 32.4 Å². The number of anilines is 5. The van der Waals surface area contributed by atoms with E-state index in [1.807, 2.05) is 104 Å². The number of likely N-dealkylation sites (tertiary alicyclic amines) is 1. The second-order valence-corrected chi connectivity index (χ2v) is 30.2. The lowest BCUT2D eigenvalue weighted by molar-refractivity contribution is -0.138. The van der Waals surface area contributed by atoms with Gasteiger partial charge in [-0.1, -0.05) is 58.0 Å². The minimum Gasteiger partial charge on any atom is -0.493 e. The molecule has 5 amide bonds. The summed E-state index contributed by atoms with van der Waals surface area (Å²) in [6, 6.07) is 29.0. The highest BCUT2D eigenvalue weighted by Gasteiger charge is 2.43. The number of carbonyl (C=O) groups excluding carboxylic acids is 6. The number of para-hydroxylation sites is 2. The Bertz CT molecular complexity index is 3740. The molecule has 5 aliphatic heterocycles. The molecule has 10 rings (SSSR count). The number of hydrogen-bond acceptors (Lipinski definition) is 20. The number of rotatable bonds is 31. The molecule has 498 valence electrons. The first kappa shape index (κ1) is 69.0. The topological polar surface area (TPSA) is 221 Å². The molecule has 5 aromatic carbocycles. The number of likely N-dealkylation sites (N-methyl/N-ethyl adjacent to an activating group) is 2. The summed E-state index contributed by atoms with van der Waals surface area (Å²) < 4.78 is 66.6. The third-order valence-electron chi connectivity index (χ3n) is 17.5. The lowest BCUT2D eigenvalue weighted by Gasteiger charge is -2.32. The van der Waals surface area contributed by atoms with Crippen molar-refractivity contribution in [3.8, 4) is 17.2 Å². The molecular weight excluding hydrogens is 1270 g/mol. The molecule has 0 aromatic heterocycles. The Kier molecular flexibility index (Phi) is 22.5. The Balaban J connectivity index is 0.924. The number of fused-ring (bicyclic) bond motifs is 8. The Hall–Kier alpha value is -6.84. The molecule has 25 heteroatoms. The van der Waals surface area contributed by atoms with Crippen LogP contribution in [-0.4, -0.2) is 183 Å². The minimum absolute atomic E-state index is 0.000553. The fraction of sp³-hybridized carbons (Fsp3) is 0.471. The monoisotopic (exact) mass is 1350 g/mol. The van der Waals surface area contributed by atoms with Gasteiger partial charge in [0.2, 0.25) is 17.7 Å². The highest BCUT2D eigenvalue weighted by molar-refractivity contribution is 8.77. The lowest BCUT2D eigenvalue weighted by atomic mass is 10.1. The van der Waals surface area contributed by atoms with Crippen LogP contribution >= 0.6 is 33.3 Å². The van der Waals surface area contributed by atoms with E-state index in [4.69, 9.17) is 32.6 Å². The third-order valence-corrected chi connectivity index (χ3v) is 23.3. The normalized spacial score (nSPS) is 17.9. The summed E-state index contributed by atoms with van der Waals surface area (Å²) >= 11 is 1.29. The zero-order valence-electron chi connectivity index (χ0n) is 54.1. The molecule has 5 aromatic rings. The van der Waals surface area contributed by atoms with Crippen molar-refractivity contribution in [1.29, 1.82) is 0 Å². The largest absolute Gasteiger partial charge is 0.493 e. The molecule has 93 heavy (non-hydrogen) atoms. The van der Waals surface area contributed by atoms with Gasteiger partial charge in [-0.3, -0.25) is 37.9 Å².